The smallest absolute Gasteiger partial charge is 0.302 e. The summed E-state index contributed by atoms with van der Waals surface area (Å²) in [5.74, 6) is 0.208. The lowest BCUT2D eigenvalue weighted by Gasteiger charge is -2.34. The largest absolute Gasteiger partial charge is 0.373 e. The van der Waals surface area contributed by atoms with Crippen LogP contribution in [-0.2, 0) is 14.9 Å². The van der Waals surface area contributed by atoms with Crippen molar-refractivity contribution >= 4 is 27.6 Å². The summed E-state index contributed by atoms with van der Waals surface area (Å²) in [4.78, 5) is 3.93. The fourth-order valence-electron chi connectivity index (χ4n) is 1.98. The van der Waals surface area contributed by atoms with E-state index in [2.05, 4.69) is 9.71 Å². The third-order valence-electron chi connectivity index (χ3n) is 2.68. The molecule has 2 heterocycles. The molecule has 19 heavy (non-hydrogen) atoms. The van der Waals surface area contributed by atoms with Crippen molar-refractivity contribution in [3.63, 3.8) is 0 Å². The van der Waals surface area contributed by atoms with E-state index in [1.165, 1.54) is 16.6 Å². The highest BCUT2D eigenvalue weighted by atomic mass is 35.5. The van der Waals surface area contributed by atoms with Crippen LogP contribution in [0.3, 0.4) is 0 Å². The Kier molecular flexibility index (Phi) is 4.29. The SMILES string of the molecule is CC1CN(S(=O)(=O)Nc2cc(Cl)ccn2)CC(C)O1. The third-order valence-corrected chi connectivity index (χ3v) is 4.36. The normalized spacial score (nSPS) is 25.2. The van der Waals surface area contributed by atoms with Crippen LogP contribution in [0.4, 0.5) is 5.82 Å². The van der Waals surface area contributed by atoms with Crippen LogP contribution in [0.1, 0.15) is 13.8 Å². The first kappa shape index (κ1) is 14.5. The first-order valence-corrected chi connectivity index (χ1v) is 7.73. The molecule has 0 amide bonds. The molecule has 0 radical (unpaired) electrons. The highest BCUT2D eigenvalue weighted by molar-refractivity contribution is 7.90. The van der Waals surface area contributed by atoms with Crippen molar-refractivity contribution in [2.24, 2.45) is 0 Å². The zero-order valence-electron chi connectivity index (χ0n) is 10.7. The Morgan fingerprint density at radius 2 is 2.05 bits per heavy atom. The van der Waals surface area contributed by atoms with Crippen molar-refractivity contribution in [1.82, 2.24) is 9.29 Å². The number of hydrogen-bond acceptors (Lipinski definition) is 4. The molecule has 1 aromatic rings. The van der Waals surface area contributed by atoms with Gasteiger partial charge in [0.2, 0.25) is 0 Å². The van der Waals surface area contributed by atoms with Crippen molar-refractivity contribution < 1.29 is 13.2 Å². The average molecular weight is 306 g/mol. The predicted molar refractivity (Wildman–Crippen MR) is 73.4 cm³/mol. The standard InChI is InChI=1S/C11H16ClN3O3S/c1-8-6-15(7-9(2)18-8)19(16,17)14-11-5-10(12)3-4-13-11/h3-5,8-9H,6-7H2,1-2H3,(H,13,14). The number of pyridine rings is 1. The quantitative estimate of drug-likeness (QED) is 0.918. The molecule has 1 N–H and O–H groups in total. The van der Waals surface area contributed by atoms with Crippen LogP contribution in [0.15, 0.2) is 18.3 Å². The van der Waals surface area contributed by atoms with E-state index < -0.39 is 10.2 Å². The molecule has 6 nitrogen and oxygen atoms in total. The second-order valence-electron chi connectivity index (χ2n) is 4.54. The molecular formula is C11H16ClN3O3S. The van der Waals surface area contributed by atoms with E-state index in [1.807, 2.05) is 13.8 Å². The van der Waals surface area contributed by atoms with E-state index in [0.717, 1.165) is 0 Å². The van der Waals surface area contributed by atoms with Gasteiger partial charge in [-0.2, -0.15) is 12.7 Å². The maximum atomic E-state index is 12.2. The predicted octanol–water partition coefficient (Wildman–Crippen LogP) is 1.50. The maximum Gasteiger partial charge on any atom is 0.302 e. The highest BCUT2D eigenvalue weighted by Crippen LogP contribution is 2.18. The number of hydrogen-bond donors (Lipinski definition) is 1. The van der Waals surface area contributed by atoms with E-state index in [0.29, 0.717) is 18.1 Å². The van der Waals surface area contributed by atoms with Gasteiger partial charge in [-0.3, -0.25) is 4.72 Å². The Labute approximate surface area is 117 Å². The molecule has 106 valence electrons. The van der Waals surface area contributed by atoms with Crippen LogP contribution in [0, 0.1) is 0 Å². The molecule has 2 rings (SSSR count). The van der Waals surface area contributed by atoms with Crippen molar-refractivity contribution in [2.75, 3.05) is 17.8 Å². The van der Waals surface area contributed by atoms with Gasteiger partial charge in [-0.25, -0.2) is 4.98 Å². The van der Waals surface area contributed by atoms with E-state index >= 15 is 0 Å². The van der Waals surface area contributed by atoms with Gasteiger partial charge in [0.25, 0.3) is 0 Å². The van der Waals surface area contributed by atoms with Crippen molar-refractivity contribution in [3.05, 3.63) is 23.4 Å². The van der Waals surface area contributed by atoms with Gasteiger partial charge in [-0.15, -0.1) is 0 Å². The summed E-state index contributed by atoms with van der Waals surface area (Å²) in [6, 6.07) is 3.05. The number of anilines is 1. The van der Waals surface area contributed by atoms with Gasteiger partial charge in [-0.05, 0) is 19.9 Å². The second kappa shape index (κ2) is 5.62. The molecule has 0 aliphatic carbocycles. The monoisotopic (exact) mass is 305 g/mol. The molecule has 2 unspecified atom stereocenters. The Morgan fingerprint density at radius 1 is 1.42 bits per heavy atom. The van der Waals surface area contributed by atoms with E-state index in [4.69, 9.17) is 16.3 Å². The molecule has 2 atom stereocenters. The van der Waals surface area contributed by atoms with Gasteiger partial charge >= 0.3 is 10.2 Å². The molecule has 8 heteroatoms. The van der Waals surface area contributed by atoms with Crippen molar-refractivity contribution in [2.45, 2.75) is 26.1 Å². The van der Waals surface area contributed by atoms with Crippen LogP contribution < -0.4 is 4.72 Å². The zero-order valence-corrected chi connectivity index (χ0v) is 12.3. The van der Waals surface area contributed by atoms with Gasteiger partial charge < -0.3 is 4.74 Å². The molecule has 1 saturated heterocycles. The minimum Gasteiger partial charge on any atom is -0.373 e. The summed E-state index contributed by atoms with van der Waals surface area (Å²) in [6.45, 7) is 4.33. The molecule has 0 spiro atoms. The van der Waals surface area contributed by atoms with Crippen molar-refractivity contribution in [1.29, 1.82) is 0 Å². The summed E-state index contributed by atoms with van der Waals surface area (Å²) < 4.78 is 33.7. The fourth-order valence-corrected chi connectivity index (χ4v) is 3.46. The molecule has 1 fully saturated rings. The second-order valence-corrected chi connectivity index (χ2v) is 6.65. The summed E-state index contributed by atoms with van der Waals surface area (Å²) >= 11 is 5.80. The topological polar surface area (TPSA) is 71.5 Å². The van der Waals surface area contributed by atoms with E-state index in [-0.39, 0.29) is 18.0 Å². The van der Waals surface area contributed by atoms with Gasteiger partial charge in [0, 0.05) is 30.4 Å². The molecule has 0 aromatic carbocycles. The summed E-state index contributed by atoms with van der Waals surface area (Å²) in [5, 5.41) is 0.427. The lowest BCUT2D eigenvalue weighted by molar-refractivity contribution is -0.0439. The van der Waals surface area contributed by atoms with Crippen LogP contribution >= 0.6 is 11.6 Å². The maximum absolute atomic E-state index is 12.2. The Balaban J connectivity index is 2.14. The summed E-state index contributed by atoms with van der Waals surface area (Å²) in [5.41, 5.74) is 0. The van der Waals surface area contributed by atoms with Crippen LogP contribution in [0.2, 0.25) is 5.02 Å². The molecule has 1 aliphatic rings. The minimum absolute atomic E-state index is 0.132. The highest BCUT2D eigenvalue weighted by Gasteiger charge is 2.31. The fraction of sp³-hybridized carbons (Fsp3) is 0.545. The summed E-state index contributed by atoms with van der Waals surface area (Å²) in [7, 11) is -3.64. The van der Waals surface area contributed by atoms with Crippen molar-refractivity contribution in [3.8, 4) is 0 Å². The number of nitrogens with zero attached hydrogens (tertiary/aromatic N) is 2. The first-order valence-electron chi connectivity index (χ1n) is 5.92. The van der Waals surface area contributed by atoms with Crippen LogP contribution in [-0.4, -0.2) is 43.0 Å². The molecule has 0 saturated carbocycles. The van der Waals surface area contributed by atoms with E-state index in [9.17, 15) is 8.42 Å². The van der Waals surface area contributed by atoms with Gasteiger partial charge in [0.05, 0.1) is 12.2 Å². The molecule has 1 aromatic heterocycles. The number of nitrogens with one attached hydrogen (secondary N) is 1. The number of morpholine rings is 1. The molecular weight excluding hydrogens is 290 g/mol. The van der Waals surface area contributed by atoms with Gasteiger partial charge in [-0.1, -0.05) is 11.6 Å². The van der Waals surface area contributed by atoms with Gasteiger partial charge in [0.15, 0.2) is 0 Å². The minimum atomic E-state index is -3.64. The number of aromatic nitrogens is 1. The Bertz CT molecular complexity index is 542. The van der Waals surface area contributed by atoms with Crippen LogP contribution in [0.25, 0.3) is 0 Å². The first-order chi connectivity index (χ1) is 8.87. The molecule has 1 aliphatic heterocycles. The average Bonchev–Trinajstić information content (AvgIpc) is 2.26. The van der Waals surface area contributed by atoms with Crippen LogP contribution in [0.5, 0.6) is 0 Å². The molecule has 0 bridgehead atoms. The summed E-state index contributed by atoms with van der Waals surface area (Å²) in [6.07, 6.45) is 1.19. The Hall–Kier alpha value is -0.890. The van der Waals surface area contributed by atoms with Gasteiger partial charge in [0.1, 0.15) is 5.82 Å². The number of rotatable bonds is 3. The Morgan fingerprint density at radius 3 is 2.63 bits per heavy atom. The number of halogens is 1. The lowest BCUT2D eigenvalue weighted by Crippen LogP contribution is -2.49. The lowest BCUT2D eigenvalue weighted by atomic mass is 10.3. The van der Waals surface area contributed by atoms with E-state index in [1.54, 1.807) is 6.07 Å². The zero-order chi connectivity index (χ0) is 14.0. The third kappa shape index (κ3) is 3.79. The number of ether oxygens (including phenoxy) is 1.